The minimum atomic E-state index is 0.363. The molecule has 1 N–H and O–H groups in total. The molecule has 24 heavy (non-hydrogen) atoms. The smallest absolute Gasteiger partial charge is 0.149 e. The highest BCUT2D eigenvalue weighted by Gasteiger charge is 2.21. The molecule has 7 nitrogen and oxygen atoms in total. The number of nitrogens with one attached hydrogen (secondary N) is 1. The van der Waals surface area contributed by atoms with E-state index in [9.17, 15) is 5.26 Å². The first kappa shape index (κ1) is 15.7. The zero-order valence-electron chi connectivity index (χ0n) is 13.3. The molecule has 1 aliphatic carbocycles. The third kappa shape index (κ3) is 2.96. The third-order valence-corrected chi connectivity index (χ3v) is 4.10. The Labute approximate surface area is 139 Å². The molecule has 1 aromatic heterocycles. The lowest BCUT2D eigenvalue weighted by molar-refractivity contribution is 0.415. The van der Waals surface area contributed by atoms with Crippen molar-refractivity contribution < 1.29 is 4.74 Å². The van der Waals surface area contributed by atoms with Gasteiger partial charge in [-0.1, -0.05) is 0 Å². The lowest BCUT2D eigenvalue weighted by Gasteiger charge is -2.21. The van der Waals surface area contributed by atoms with Gasteiger partial charge in [0.15, 0.2) is 0 Å². The van der Waals surface area contributed by atoms with Crippen LogP contribution >= 0.6 is 0 Å². The Morgan fingerprint density at radius 3 is 2.58 bits per heavy atom. The van der Waals surface area contributed by atoms with Gasteiger partial charge in [-0.05, 0) is 71.7 Å². The van der Waals surface area contributed by atoms with Gasteiger partial charge < -0.3 is 10.1 Å². The Bertz CT molecular complexity index is 847. The number of rotatable bonds is 4. The van der Waals surface area contributed by atoms with Gasteiger partial charge in [0.1, 0.15) is 23.5 Å². The fourth-order valence-electron chi connectivity index (χ4n) is 2.95. The summed E-state index contributed by atoms with van der Waals surface area (Å²) in [4.78, 5) is 7.27. The number of aromatic nitrogens is 1. The van der Waals surface area contributed by atoms with Gasteiger partial charge in [-0.25, -0.2) is 4.98 Å². The summed E-state index contributed by atoms with van der Waals surface area (Å²) in [7, 11) is 1.60. The highest BCUT2D eigenvalue weighted by atomic mass is 16.5. The molecular formula is C17H16N6O. The van der Waals surface area contributed by atoms with E-state index in [2.05, 4.69) is 26.4 Å². The van der Waals surface area contributed by atoms with Gasteiger partial charge in [-0.3, -0.25) is 0 Å². The zero-order valence-corrected chi connectivity index (χ0v) is 13.3. The van der Waals surface area contributed by atoms with Crippen LogP contribution in [0.25, 0.3) is 10.4 Å². The number of hydrogen-bond donors (Lipinski definition) is 1. The molecule has 0 spiro atoms. The summed E-state index contributed by atoms with van der Waals surface area (Å²) in [5, 5.41) is 16.5. The van der Waals surface area contributed by atoms with Gasteiger partial charge in [0.25, 0.3) is 0 Å². The quantitative estimate of drug-likeness (QED) is 0.507. The van der Waals surface area contributed by atoms with E-state index in [-0.39, 0.29) is 0 Å². The van der Waals surface area contributed by atoms with Crippen molar-refractivity contribution in [3.8, 4) is 11.8 Å². The molecule has 1 aromatic carbocycles. The Morgan fingerprint density at radius 2 is 1.96 bits per heavy atom. The number of nitriles is 1. The molecule has 1 aliphatic rings. The molecule has 0 fully saturated rings. The SMILES string of the molecule is COc1ccc(Nc2nc(N=[N+]=[N-])c3c(c2C#N)CCCC3)cc1. The second kappa shape index (κ2) is 6.90. The van der Waals surface area contributed by atoms with Crippen LogP contribution < -0.4 is 10.1 Å². The van der Waals surface area contributed by atoms with Crippen molar-refractivity contribution in [2.45, 2.75) is 25.7 Å². The van der Waals surface area contributed by atoms with Gasteiger partial charge in [-0.15, -0.1) is 0 Å². The average Bonchev–Trinajstić information content (AvgIpc) is 2.63. The van der Waals surface area contributed by atoms with Crippen LogP contribution in [0.4, 0.5) is 17.3 Å². The van der Waals surface area contributed by atoms with Gasteiger partial charge in [0.2, 0.25) is 0 Å². The van der Waals surface area contributed by atoms with Crippen LogP contribution in [0.5, 0.6) is 5.75 Å². The molecule has 0 bridgehead atoms. The van der Waals surface area contributed by atoms with E-state index in [0.717, 1.165) is 48.2 Å². The summed E-state index contributed by atoms with van der Waals surface area (Å²) in [5.41, 5.74) is 12.0. The van der Waals surface area contributed by atoms with Crippen LogP contribution in [-0.2, 0) is 12.8 Å². The van der Waals surface area contributed by atoms with Crippen LogP contribution in [0.1, 0.15) is 29.5 Å². The number of nitrogens with zero attached hydrogens (tertiary/aromatic N) is 5. The Kier molecular flexibility index (Phi) is 4.50. The first-order valence-corrected chi connectivity index (χ1v) is 7.69. The first-order chi connectivity index (χ1) is 11.8. The maximum Gasteiger partial charge on any atom is 0.149 e. The number of azide groups is 1. The van der Waals surface area contributed by atoms with E-state index in [1.165, 1.54) is 0 Å². The van der Waals surface area contributed by atoms with Crippen molar-refractivity contribution in [3.05, 3.63) is 51.4 Å². The fraction of sp³-hybridized carbons (Fsp3) is 0.294. The number of ether oxygens (including phenoxy) is 1. The van der Waals surface area contributed by atoms with Crippen molar-refractivity contribution in [1.82, 2.24) is 4.98 Å². The van der Waals surface area contributed by atoms with Crippen molar-refractivity contribution >= 4 is 17.3 Å². The van der Waals surface area contributed by atoms with E-state index in [4.69, 9.17) is 10.3 Å². The summed E-state index contributed by atoms with van der Waals surface area (Å²) in [5.74, 6) is 1.53. The van der Waals surface area contributed by atoms with Gasteiger partial charge >= 0.3 is 0 Å². The average molecular weight is 320 g/mol. The highest BCUT2D eigenvalue weighted by molar-refractivity contribution is 5.69. The predicted molar refractivity (Wildman–Crippen MR) is 90.7 cm³/mol. The summed E-state index contributed by atoms with van der Waals surface area (Å²) >= 11 is 0. The minimum Gasteiger partial charge on any atom is -0.497 e. The molecule has 0 unspecified atom stereocenters. The molecule has 0 saturated heterocycles. The van der Waals surface area contributed by atoms with Crippen LogP contribution in [0.15, 0.2) is 29.4 Å². The van der Waals surface area contributed by atoms with E-state index in [0.29, 0.717) is 17.2 Å². The van der Waals surface area contributed by atoms with Gasteiger partial charge in [0, 0.05) is 10.6 Å². The molecule has 0 aliphatic heterocycles. The largest absolute Gasteiger partial charge is 0.497 e. The van der Waals surface area contributed by atoms with Crippen LogP contribution in [0, 0.1) is 11.3 Å². The van der Waals surface area contributed by atoms with E-state index < -0.39 is 0 Å². The maximum absolute atomic E-state index is 9.60. The summed E-state index contributed by atoms with van der Waals surface area (Å²) in [6, 6.07) is 9.58. The molecule has 3 rings (SSSR count). The van der Waals surface area contributed by atoms with Crippen LogP contribution in [0.3, 0.4) is 0 Å². The van der Waals surface area contributed by atoms with E-state index in [1.807, 2.05) is 24.3 Å². The molecule has 0 radical (unpaired) electrons. The first-order valence-electron chi connectivity index (χ1n) is 7.69. The van der Waals surface area contributed by atoms with Gasteiger partial charge in [-0.2, -0.15) is 5.26 Å². The molecule has 120 valence electrons. The summed E-state index contributed by atoms with van der Waals surface area (Å²) in [6.07, 6.45) is 3.61. The van der Waals surface area contributed by atoms with Crippen LogP contribution in [0.2, 0.25) is 0 Å². The number of pyridine rings is 1. The molecule has 0 saturated carbocycles. The second-order valence-corrected chi connectivity index (χ2v) is 5.48. The van der Waals surface area contributed by atoms with E-state index >= 15 is 0 Å². The zero-order chi connectivity index (χ0) is 16.9. The van der Waals surface area contributed by atoms with Crippen molar-refractivity contribution in [2.75, 3.05) is 12.4 Å². The monoisotopic (exact) mass is 320 g/mol. The topological polar surface area (TPSA) is 107 Å². The summed E-state index contributed by atoms with van der Waals surface area (Å²) < 4.78 is 5.14. The number of methoxy groups -OCH3 is 1. The van der Waals surface area contributed by atoms with Crippen molar-refractivity contribution in [3.63, 3.8) is 0 Å². The molecule has 0 atom stereocenters. The molecule has 0 amide bonds. The number of anilines is 2. The Hall–Kier alpha value is -3.23. The fourth-order valence-corrected chi connectivity index (χ4v) is 2.95. The summed E-state index contributed by atoms with van der Waals surface area (Å²) in [6.45, 7) is 0. The maximum atomic E-state index is 9.60. The van der Waals surface area contributed by atoms with Crippen LogP contribution in [-0.4, -0.2) is 12.1 Å². The van der Waals surface area contributed by atoms with Crippen molar-refractivity contribution in [2.24, 2.45) is 5.11 Å². The lowest BCUT2D eigenvalue weighted by atomic mass is 9.89. The number of benzene rings is 1. The molecular weight excluding hydrogens is 304 g/mol. The number of hydrogen-bond acceptors (Lipinski definition) is 5. The molecule has 1 heterocycles. The van der Waals surface area contributed by atoms with E-state index in [1.54, 1.807) is 7.11 Å². The lowest BCUT2D eigenvalue weighted by Crippen LogP contribution is -2.10. The second-order valence-electron chi connectivity index (χ2n) is 5.48. The minimum absolute atomic E-state index is 0.363. The van der Waals surface area contributed by atoms with Gasteiger partial charge in [0.05, 0.1) is 12.7 Å². The standard InChI is InChI=1S/C17H16N6O/c1-24-12-8-6-11(7-9-12)20-16-15(10-18)13-4-2-3-5-14(13)17(21-16)22-23-19/h6-9H,2-5H2,1H3,(H,20,21). The number of fused-ring (bicyclic) bond motifs is 1. The third-order valence-electron chi connectivity index (χ3n) is 4.10. The normalized spacial score (nSPS) is 12.5. The predicted octanol–water partition coefficient (Wildman–Crippen LogP) is 4.53. The highest BCUT2D eigenvalue weighted by Crippen LogP contribution is 2.35. The van der Waals surface area contributed by atoms with Crippen molar-refractivity contribution in [1.29, 1.82) is 5.26 Å². The Morgan fingerprint density at radius 1 is 1.25 bits per heavy atom. The molecule has 7 heteroatoms. The molecule has 2 aromatic rings. The Balaban J connectivity index is 2.07.